The van der Waals surface area contributed by atoms with E-state index < -0.39 is 11.6 Å². The minimum Gasteiger partial charge on any atom is -0.379 e. The third-order valence-corrected chi connectivity index (χ3v) is 8.67. The van der Waals surface area contributed by atoms with Crippen LogP contribution in [0.1, 0.15) is 43.7 Å². The molecule has 15 nitrogen and oxygen atoms in total. The van der Waals surface area contributed by atoms with E-state index >= 15 is 0 Å². The first-order chi connectivity index (χ1) is 24.8. The number of carbonyl (C=O) groups is 2. The van der Waals surface area contributed by atoms with Gasteiger partial charge < -0.3 is 40.1 Å². The molecule has 5 N–H and O–H groups in total. The largest absolute Gasteiger partial charge is 0.379 e. The quantitative estimate of drug-likeness (QED) is 0.0482. The van der Waals surface area contributed by atoms with Crippen LogP contribution in [0.2, 0.25) is 0 Å². The van der Waals surface area contributed by atoms with Gasteiger partial charge in [0, 0.05) is 31.7 Å². The van der Waals surface area contributed by atoms with Gasteiger partial charge in [0.15, 0.2) is 16.3 Å². The van der Waals surface area contributed by atoms with E-state index in [1.165, 1.54) is 18.7 Å². The SMILES string of the molecule is CC(=O)N[C@H](CSc1nc2c(=O)[nH]c(N)nc2n1Cc1ccc(C)cc1)C(=O)NCCOCCOCCOCCOCCOCCCCCCCl. The number of amides is 2. The predicted molar refractivity (Wildman–Crippen MR) is 197 cm³/mol. The number of hydrogen-bond donors (Lipinski definition) is 4. The summed E-state index contributed by atoms with van der Waals surface area (Å²) in [7, 11) is 0. The number of nitrogens with one attached hydrogen (secondary N) is 3. The number of thioether (sulfide) groups is 1. The van der Waals surface area contributed by atoms with E-state index in [-0.39, 0.29) is 42.2 Å². The zero-order valence-corrected chi connectivity index (χ0v) is 31.2. The summed E-state index contributed by atoms with van der Waals surface area (Å²) in [5, 5.41) is 5.95. The third kappa shape index (κ3) is 16.8. The number of fused-ring (bicyclic) bond motifs is 1. The van der Waals surface area contributed by atoms with Crippen LogP contribution in [0.4, 0.5) is 5.95 Å². The number of rotatable bonds is 28. The first kappa shape index (κ1) is 42.2. The molecule has 2 aromatic heterocycles. The van der Waals surface area contributed by atoms with E-state index in [1.54, 1.807) is 4.57 Å². The van der Waals surface area contributed by atoms with Gasteiger partial charge in [-0.2, -0.15) is 4.98 Å². The van der Waals surface area contributed by atoms with Crippen molar-refractivity contribution in [3.8, 4) is 0 Å². The maximum absolute atomic E-state index is 13.0. The van der Waals surface area contributed by atoms with Crippen molar-refractivity contribution in [3.05, 3.63) is 45.7 Å². The number of halogens is 1. The van der Waals surface area contributed by atoms with E-state index in [1.807, 2.05) is 31.2 Å². The number of aryl methyl sites for hydroxylation is 1. The standard InChI is InChI=1S/C34H52ClN7O8S/c1-25-7-9-27(10-8-25)23-42-30-29(32(45)41-33(36)40-30)39-34(42)51-24-28(38-26(2)43)31(44)37-12-14-47-16-18-49-20-22-50-21-19-48-17-15-46-13-6-4-3-5-11-35/h7-10,28H,3-6,11-24H2,1-2H3,(H,37,44)(H,38,43)(H3,36,40,41,45)/t28-/m1/s1. The van der Waals surface area contributed by atoms with Gasteiger partial charge in [-0.05, 0) is 25.3 Å². The van der Waals surface area contributed by atoms with Gasteiger partial charge in [-0.1, -0.05) is 54.4 Å². The number of alkyl halides is 1. The summed E-state index contributed by atoms with van der Waals surface area (Å²) < 4.78 is 29.4. The molecule has 17 heteroatoms. The first-order valence-electron chi connectivity index (χ1n) is 17.2. The average molecular weight is 754 g/mol. The van der Waals surface area contributed by atoms with Gasteiger partial charge in [0.2, 0.25) is 17.8 Å². The highest BCUT2D eigenvalue weighted by Crippen LogP contribution is 2.24. The smallest absolute Gasteiger partial charge is 0.280 e. The highest BCUT2D eigenvalue weighted by Gasteiger charge is 2.23. The number of anilines is 1. The molecule has 0 aliphatic carbocycles. The minimum absolute atomic E-state index is 0.0257. The molecule has 0 bridgehead atoms. The number of nitrogen functional groups attached to an aromatic ring is 1. The topological polar surface area (TPSA) is 194 Å². The molecule has 51 heavy (non-hydrogen) atoms. The van der Waals surface area contributed by atoms with Gasteiger partial charge >= 0.3 is 0 Å². The van der Waals surface area contributed by atoms with Crippen LogP contribution in [-0.4, -0.2) is 122 Å². The third-order valence-electron chi connectivity index (χ3n) is 7.33. The number of nitrogens with zero attached hydrogens (tertiary/aromatic N) is 3. The summed E-state index contributed by atoms with van der Waals surface area (Å²) in [6.45, 7) is 8.70. The van der Waals surface area contributed by atoms with Gasteiger partial charge in [0.05, 0.1) is 66.0 Å². The normalized spacial score (nSPS) is 12.0. The zero-order chi connectivity index (χ0) is 36.7. The summed E-state index contributed by atoms with van der Waals surface area (Å²) in [6, 6.07) is 7.08. The van der Waals surface area contributed by atoms with Crippen LogP contribution in [0.15, 0.2) is 34.2 Å². The predicted octanol–water partition coefficient (Wildman–Crippen LogP) is 2.65. The average Bonchev–Trinajstić information content (AvgIpc) is 3.44. The molecule has 0 radical (unpaired) electrons. The van der Waals surface area contributed by atoms with Crippen LogP contribution in [-0.2, 0) is 39.8 Å². The summed E-state index contributed by atoms with van der Waals surface area (Å²) in [5.74, 6) is 0.122. The number of benzene rings is 1. The Bertz CT molecular complexity index is 1510. The van der Waals surface area contributed by atoms with Crippen LogP contribution in [0.3, 0.4) is 0 Å². The number of nitrogens with two attached hydrogens (primary N) is 1. The lowest BCUT2D eigenvalue weighted by atomic mass is 10.1. The van der Waals surface area contributed by atoms with Crippen molar-refractivity contribution in [2.24, 2.45) is 0 Å². The van der Waals surface area contributed by atoms with Gasteiger partial charge in [0.1, 0.15) is 6.04 Å². The van der Waals surface area contributed by atoms with Crippen molar-refractivity contribution in [3.63, 3.8) is 0 Å². The Morgan fingerprint density at radius 3 is 2.08 bits per heavy atom. The van der Waals surface area contributed by atoms with Crippen molar-refractivity contribution in [2.75, 3.05) is 90.0 Å². The molecule has 3 aromatic rings. The number of ether oxygens (including phenoxy) is 5. The fourth-order valence-electron chi connectivity index (χ4n) is 4.73. The second kappa shape index (κ2) is 24.9. The lowest BCUT2D eigenvalue weighted by Gasteiger charge is -2.17. The summed E-state index contributed by atoms with van der Waals surface area (Å²) in [4.78, 5) is 48.9. The highest BCUT2D eigenvalue weighted by molar-refractivity contribution is 7.99. The van der Waals surface area contributed by atoms with E-state index in [0.717, 1.165) is 49.3 Å². The number of unbranched alkanes of at least 4 members (excludes halogenated alkanes) is 3. The molecule has 3 rings (SSSR count). The molecule has 0 aliphatic rings. The highest BCUT2D eigenvalue weighted by atomic mass is 35.5. The summed E-state index contributed by atoms with van der Waals surface area (Å²) >= 11 is 6.89. The Hall–Kier alpha value is -3.25. The number of H-pyrrole nitrogens is 1. The van der Waals surface area contributed by atoms with Gasteiger partial charge in [-0.15, -0.1) is 11.6 Å². The Balaban J connectivity index is 1.30. The first-order valence-corrected chi connectivity index (χ1v) is 18.7. The molecule has 1 atom stereocenters. The number of carbonyl (C=O) groups excluding carboxylic acids is 2. The van der Waals surface area contributed by atoms with Crippen molar-refractivity contribution in [2.45, 2.75) is 57.3 Å². The van der Waals surface area contributed by atoms with Gasteiger partial charge in [-0.3, -0.25) is 23.9 Å². The lowest BCUT2D eigenvalue weighted by molar-refractivity contribution is -0.127. The molecule has 0 fully saturated rings. The van der Waals surface area contributed by atoms with Crippen LogP contribution in [0.5, 0.6) is 0 Å². The molecule has 2 amide bonds. The number of imidazole rings is 1. The second-order valence-electron chi connectivity index (χ2n) is 11.6. The molecule has 0 saturated heterocycles. The van der Waals surface area contributed by atoms with E-state index in [9.17, 15) is 14.4 Å². The fourth-order valence-corrected chi connectivity index (χ4v) is 5.93. The molecular weight excluding hydrogens is 702 g/mol. The lowest BCUT2D eigenvalue weighted by Crippen LogP contribution is -2.48. The Kier molecular flexibility index (Phi) is 20.5. The molecule has 2 heterocycles. The van der Waals surface area contributed by atoms with E-state index in [0.29, 0.717) is 70.2 Å². The molecule has 0 saturated carbocycles. The maximum Gasteiger partial charge on any atom is 0.280 e. The van der Waals surface area contributed by atoms with Crippen molar-refractivity contribution < 1.29 is 33.3 Å². The molecule has 284 valence electrons. The molecule has 0 spiro atoms. The van der Waals surface area contributed by atoms with Gasteiger partial charge in [-0.25, -0.2) is 4.98 Å². The van der Waals surface area contributed by atoms with Crippen LogP contribution < -0.4 is 21.9 Å². The van der Waals surface area contributed by atoms with Crippen LogP contribution in [0, 0.1) is 6.92 Å². The van der Waals surface area contributed by atoms with Crippen molar-refractivity contribution >= 4 is 52.3 Å². The van der Waals surface area contributed by atoms with Crippen molar-refractivity contribution in [1.29, 1.82) is 0 Å². The maximum atomic E-state index is 13.0. The molecule has 1 aromatic carbocycles. The number of aromatic nitrogens is 4. The molecule has 0 unspecified atom stereocenters. The monoisotopic (exact) mass is 753 g/mol. The number of aromatic amines is 1. The summed E-state index contributed by atoms with van der Waals surface area (Å²) in [5.41, 5.74) is 7.92. The molecular formula is C34H52ClN7O8S. The number of hydrogen-bond acceptors (Lipinski definition) is 12. The summed E-state index contributed by atoms with van der Waals surface area (Å²) in [6.07, 6.45) is 4.39. The zero-order valence-electron chi connectivity index (χ0n) is 29.6. The molecule has 0 aliphatic heterocycles. The fraction of sp³-hybridized carbons (Fsp3) is 0.618. The van der Waals surface area contributed by atoms with Crippen LogP contribution in [0.25, 0.3) is 11.2 Å². The van der Waals surface area contributed by atoms with Gasteiger partial charge in [0.25, 0.3) is 5.56 Å². The van der Waals surface area contributed by atoms with E-state index in [4.69, 9.17) is 41.0 Å². The Morgan fingerprint density at radius 1 is 0.882 bits per heavy atom. The van der Waals surface area contributed by atoms with E-state index in [2.05, 4.69) is 25.6 Å². The Labute approximate surface area is 308 Å². The van der Waals surface area contributed by atoms with Crippen LogP contribution >= 0.6 is 23.4 Å². The minimum atomic E-state index is -0.861. The Morgan fingerprint density at radius 2 is 1.47 bits per heavy atom. The van der Waals surface area contributed by atoms with Crippen molar-refractivity contribution in [1.82, 2.24) is 30.2 Å². The second-order valence-corrected chi connectivity index (χ2v) is 13.0.